The maximum absolute atomic E-state index is 12.6. The highest BCUT2D eigenvalue weighted by molar-refractivity contribution is 9.10. The molecule has 6 nitrogen and oxygen atoms in total. The predicted molar refractivity (Wildman–Crippen MR) is 85.3 cm³/mol. The van der Waals surface area contributed by atoms with Gasteiger partial charge in [-0.05, 0) is 38.1 Å². The lowest BCUT2D eigenvalue weighted by atomic mass is 10.3. The van der Waals surface area contributed by atoms with E-state index in [0.717, 1.165) is 9.48 Å². The van der Waals surface area contributed by atoms with Gasteiger partial charge in [0.15, 0.2) is 0 Å². The first-order valence-electron chi connectivity index (χ1n) is 5.98. The normalized spacial score (nSPS) is 12.0. The Morgan fingerprint density at radius 2 is 1.90 bits per heavy atom. The fraction of sp³-hybridized carbons (Fsp3) is 0.167. The number of nitrogens with one attached hydrogen (secondary N) is 1. The van der Waals surface area contributed by atoms with Crippen molar-refractivity contribution < 1.29 is 8.42 Å². The Balaban J connectivity index is 2.07. The third-order valence-corrected chi connectivity index (χ3v) is 5.61. The summed E-state index contributed by atoms with van der Waals surface area (Å²) in [6.07, 6.45) is 0. The lowest BCUT2D eigenvalue weighted by molar-refractivity contribution is 0.592. The number of aromatic nitrogens is 3. The second kappa shape index (κ2) is 5.08. The van der Waals surface area contributed by atoms with E-state index >= 15 is 0 Å². The van der Waals surface area contributed by atoms with Crippen LogP contribution >= 0.6 is 27.3 Å². The first-order chi connectivity index (χ1) is 9.87. The third-order valence-electron chi connectivity index (χ3n) is 2.78. The van der Waals surface area contributed by atoms with Crippen LogP contribution < -0.4 is 4.72 Å². The van der Waals surface area contributed by atoms with Crippen LogP contribution in [0.5, 0.6) is 0 Å². The Kier molecular flexibility index (Phi) is 3.50. The summed E-state index contributed by atoms with van der Waals surface area (Å²) in [5.74, 6) is 0. The summed E-state index contributed by atoms with van der Waals surface area (Å²) in [6, 6.07) is 6.90. The number of imidazole rings is 1. The van der Waals surface area contributed by atoms with Crippen molar-refractivity contribution in [2.75, 3.05) is 4.72 Å². The largest absolute Gasteiger partial charge is 0.281 e. The first-order valence-corrected chi connectivity index (χ1v) is 9.07. The van der Waals surface area contributed by atoms with Crippen molar-refractivity contribution in [3.05, 3.63) is 39.4 Å². The molecular weight excluding hydrogens is 376 g/mol. The van der Waals surface area contributed by atoms with Gasteiger partial charge in [-0.2, -0.15) is 18.0 Å². The van der Waals surface area contributed by atoms with E-state index in [1.807, 2.05) is 6.92 Å². The summed E-state index contributed by atoms with van der Waals surface area (Å²) in [6.45, 7) is 3.47. The quantitative estimate of drug-likeness (QED) is 0.750. The minimum absolute atomic E-state index is 0.0739. The van der Waals surface area contributed by atoms with Gasteiger partial charge in [-0.25, -0.2) is 4.98 Å². The van der Waals surface area contributed by atoms with Gasteiger partial charge in [0.2, 0.25) is 9.99 Å². The fourth-order valence-corrected chi connectivity index (χ4v) is 4.40. The van der Waals surface area contributed by atoms with E-state index in [1.165, 1.54) is 15.9 Å². The lowest BCUT2D eigenvalue weighted by Gasteiger charge is -2.07. The summed E-state index contributed by atoms with van der Waals surface area (Å²) in [5, 5.41) is 5.04. The number of rotatable bonds is 3. The molecule has 1 aromatic carbocycles. The van der Waals surface area contributed by atoms with Crippen molar-refractivity contribution in [1.82, 2.24) is 14.6 Å². The van der Waals surface area contributed by atoms with Crippen LogP contribution in [0, 0.1) is 13.8 Å². The highest BCUT2D eigenvalue weighted by atomic mass is 79.9. The number of hydrogen-bond donors (Lipinski definition) is 1. The molecule has 9 heteroatoms. The lowest BCUT2D eigenvalue weighted by Crippen LogP contribution is -2.16. The van der Waals surface area contributed by atoms with Crippen LogP contribution in [0.4, 0.5) is 5.69 Å². The smallest absolute Gasteiger partial charge is 0.278 e. The second-order valence-corrected chi connectivity index (χ2v) is 8.10. The summed E-state index contributed by atoms with van der Waals surface area (Å²) in [4.78, 5) is 4.82. The molecule has 0 aliphatic carbocycles. The summed E-state index contributed by atoms with van der Waals surface area (Å²) < 4.78 is 29.9. The van der Waals surface area contributed by atoms with Gasteiger partial charge in [-0.3, -0.25) is 4.72 Å². The molecule has 0 saturated carbocycles. The van der Waals surface area contributed by atoms with E-state index in [4.69, 9.17) is 0 Å². The van der Waals surface area contributed by atoms with Crippen LogP contribution in [0.3, 0.4) is 0 Å². The monoisotopic (exact) mass is 386 g/mol. The van der Waals surface area contributed by atoms with Crippen LogP contribution in [0.15, 0.2) is 33.8 Å². The molecule has 110 valence electrons. The van der Waals surface area contributed by atoms with Crippen molar-refractivity contribution in [2.24, 2.45) is 0 Å². The number of anilines is 1. The van der Waals surface area contributed by atoms with E-state index in [-0.39, 0.29) is 5.03 Å². The zero-order valence-electron chi connectivity index (χ0n) is 11.2. The van der Waals surface area contributed by atoms with Gasteiger partial charge in [-0.1, -0.05) is 27.3 Å². The molecule has 0 bridgehead atoms. The predicted octanol–water partition coefficient (Wildman–Crippen LogP) is 2.97. The molecule has 0 aliphatic rings. The molecule has 21 heavy (non-hydrogen) atoms. The van der Waals surface area contributed by atoms with Crippen molar-refractivity contribution in [3.63, 3.8) is 0 Å². The molecule has 0 radical (unpaired) electrons. The molecule has 0 amide bonds. The van der Waals surface area contributed by atoms with Crippen LogP contribution in [0.2, 0.25) is 0 Å². The highest BCUT2D eigenvalue weighted by Gasteiger charge is 2.25. The van der Waals surface area contributed by atoms with E-state index in [2.05, 4.69) is 30.7 Å². The number of hydrogen-bond acceptors (Lipinski definition) is 5. The molecule has 0 spiro atoms. The van der Waals surface area contributed by atoms with Crippen molar-refractivity contribution in [3.8, 4) is 0 Å². The molecule has 0 saturated heterocycles. The van der Waals surface area contributed by atoms with Gasteiger partial charge < -0.3 is 0 Å². The Bertz CT molecular complexity index is 913. The molecule has 0 unspecified atom stereocenters. The SMILES string of the molecule is Cc1nn2c(S(=O)(=O)Nc3ccc(Br)cc3)c(C)nc2s1. The third kappa shape index (κ3) is 2.68. The second-order valence-electron chi connectivity index (χ2n) is 4.43. The molecule has 0 fully saturated rings. The maximum atomic E-state index is 12.6. The van der Waals surface area contributed by atoms with Crippen LogP contribution in [0.25, 0.3) is 4.96 Å². The van der Waals surface area contributed by atoms with Crippen molar-refractivity contribution in [2.45, 2.75) is 18.9 Å². The fourth-order valence-electron chi connectivity index (χ4n) is 1.96. The molecule has 0 aliphatic heterocycles. The zero-order valence-corrected chi connectivity index (χ0v) is 14.4. The number of aryl methyl sites for hydroxylation is 2. The summed E-state index contributed by atoms with van der Waals surface area (Å²) >= 11 is 4.66. The number of benzene rings is 1. The zero-order chi connectivity index (χ0) is 15.2. The number of nitrogens with zero attached hydrogens (tertiary/aromatic N) is 3. The first kappa shape index (κ1) is 14.5. The Morgan fingerprint density at radius 1 is 1.24 bits per heavy atom. The molecule has 0 atom stereocenters. The topological polar surface area (TPSA) is 76.4 Å². The maximum Gasteiger partial charge on any atom is 0.281 e. The average molecular weight is 387 g/mol. The van der Waals surface area contributed by atoms with Crippen LogP contribution in [-0.2, 0) is 10.0 Å². The van der Waals surface area contributed by atoms with Gasteiger partial charge in [0.05, 0.1) is 5.69 Å². The summed E-state index contributed by atoms with van der Waals surface area (Å²) in [5.41, 5.74) is 0.915. The average Bonchev–Trinajstić information content (AvgIpc) is 2.86. The van der Waals surface area contributed by atoms with Gasteiger partial charge in [0.1, 0.15) is 5.01 Å². The molecule has 2 heterocycles. The van der Waals surface area contributed by atoms with E-state index < -0.39 is 10.0 Å². The van der Waals surface area contributed by atoms with Gasteiger partial charge in [0.25, 0.3) is 10.0 Å². The minimum Gasteiger partial charge on any atom is -0.278 e. The molecule has 2 aromatic heterocycles. The highest BCUT2D eigenvalue weighted by Crippen LogP contribution is 2.24. The van der Waals surface area contributed by atoms with Crippen molar-refractivity contribution in [1.29, 1.82) is 0 Å². The Labute approximate surface area is 134 Å². The van der Waals surface area contributed by atoms with Gasteiger partial charge in [-0.15, -0.1) is 0 Å². The van der Waals surface area contributed by atoms with Crippen LogP contribution in [-0.4, -0.2) is 23.0 Å². The number of halogens is 1. The summed E-state index contributed by atoms with van der Waals surface area (Å²) in [7, 11) is -3.75. The minimum atomic E-state index is -3.75. The van der Waals surface area contributed by atoms with E-state index in [1.54, 1.807) is 31.2 Å². The standard InChI is InChI=1S/C12H11BrN4O2S2/c1-7-11(17-12(14-7)20-8(2)15-17)21(18,19)16-10-5-3-9(13)4-6-10/h3-6,16H,1-2H3. The molecule has 1 N–H and O–H groups in total. The van der Waals surface area contributed by atoms with Gasteiger partial charge >= 0.3 is 0 Å². The van der Waals surface area contributed by atoms with Crippen molar-refractivity contribution >= 4 is 47.9 Å². The Morgan fingerprint density at radius 3 is 2.57 bits per heavy atom. The molecule has 3 rings (SSSR count). The van der Waals surface area contributed by atoms with E-state index in [0.29, 0.717) is 16.3 Å². The van der Waals surface area contributed by atoms with Crippen LogP contribution in [0.1, 0.15) is 10.7 Å². The van der Waals surface area contributed by atoms with Gasteiger partial charge in [0, 0.05) is 10.2 Å². The number of sulfonamides is 1. The Hall–Kier alpha value is -1.45. The molecule has 3 aromatic rings. The van der Waals surface area contributed by atoms with E-state index in [9.17, 15) is 8.42 Å². The molecular formula is C12H11BrN4O2S2. The number of fused-ring (bicyclic) bond motifs is 1.